The van der Waals surface area contributed by atoms with Crippen molar-refractivity contribution in [1.29, 1.82) is 0 Å². The molecular formula is C17H21N7O2. The van der Waals surface area contributed by atoms with Crippen LogP contribution >= 0.6 is 0 Å². The molecule has 1 saturated heterocycles. The van der Waals surface area contributed by atoms with Crippen molar-refractivity contribution in [1.82, 2.24) is 30.4 Å². The van der Waals surface area contributed by atoms with Crippen LogP contribution in [0.2, 0.25) is 0 Å². The standard InChI is InChI=1S/C17H21N7O2/c1-2-11-7-19-17(20-8-11)24-5-3-13-12(9-24)15(22-21-13)16(26)23-6-4-18-14(25)10-23/h7-8H,2-6,9-10H2,1H3,(H,18,25)(H,21,22). The highest BCUT2D eigenvalue weighted by Gasteiger charge is 2.30. The molecule has 4 heterocycles. The summed E-state index contributed by atoms with van der Waals surface area (Å²) in [5.41, 5.74) is 3.32. The topological polar surface area (TPSA) is 107 Å². The van der Waals surface area contributed by atoms with Crippen molar-refractivity contribution in [2.75, 3.05) is 31.1 Å². The molecule has 9 nitrogen and oxygen atoms in total. The fourth-order valence-electron chi connectivity index (χ4n) is 3.30. The smallest absolute Gasteiger partial charge is 0.275 e. The van der Waals surface area contributed by atoms with Crippen LogP contribution in [-0.2, 0) is 24.2 Å². The number of amides is 2. The normalized spacial score (nSPS) is 17.0. The highest BCUT2D eigenvalue weighted by atomic mass is 16.2. The Kier molecular flexibility index (Phi) is 4.27. The van der Waals surface area contributed by atoms with Gasteiger partial charge in [-0.2, -0.15) is 5.10 Å². The van der Waals surface area contributed by atoms with E-state index in [0.717, 1.165) is 36.2 Å². The zero-order chi connectivity index (χ0) is 18.1. The third-order valence-electron chi connectivity index (χ3n) is 4.84. The summed E-state index contributed by atoms with van der Waals surface area (Å²) in [5, 5.41) is 9.95. The van der Waals surface area contributed by atoms with Crippen LogP contribution in [0.15, 0.2) is 12.4 Å². The Bertz CT molecular complexity index is 830. The molecule has 0 aromatic carbocycles. The van der Waals surface area contributed by atoms with Gasteiger partial charge in [-0.05, 0) is 12.0 Å². The molecule has 1 fully saturated rings. The summed E-state index contributed by atoms with van der Waals surface area (Å²) >= 11 is 0. The summed E-state index contributed by atoms with van der Waals surface area (Å²) in [5.74, 6) is 0.311. The van der Waals surface area contributed by atoms with Crippen LogP contribution in [0.5, 0.6) is 0 Å². The summed E-state index contributed by atoms with van der Waals surface area (Å²) in [6, 6.07) is 0. The summed E-state index contributed by atoms with van der Waals surface area (Å²) < 4.78 is 0. The van der Waals surface area contributed by atoms with E-state index in [9.17, 15) is 9.59 Å². The molecule has 0 unspecified atom stereocenters. The number of carbonyl (C=O) groups is 2. The van der Waals surface area contributed by atoms with Gasteiger partial charge in [-0.3, -0.25) is 14.7 Å². The third-order valence-corrected chi connectivity index (χ3v) is 4.84. The van der Waals surface area contributed by atoms with Crippen LogP contribution in [-0.4, -0.2) is 63.1 Å². The SMILES string of the molecule is CCc1cnc(N2CCc3[nH]nc(C(=O)N4CCNC(=O)C4)c3C2)nc1. The van der Waals surface area contributed by atoms with E-state index in [2.05, 4.69) is 37.3 Å². The Morgan fingerprint density at radius 1 is 1.23 bits per heavy atom. The van der Waals surface area contributed by atoms with E-state index in [-0.39, 0.29) is 18.4 Å². The number of rotatable bonds is 3. The maximum absolute atomic E-state index is 12.8. The Morgan fingerprint density at radius 3 is 2.77 bits per heavy atom. The number of piperazine rings is 1. The van der Waals surface area contributed by atoms with E-state index >= 15 is 0 Å². The lowest BCUT2D eigenvalue weighted by Crippen LogP contribution is -2.50. The molecule has 0 bridgehead atoms. The Labute approximate surface area is 150 Å². The molecule has 2 amide bonds. The Balaban J connectivity index is 1.55. The summed E-state index contributed by atoms with van der Waals surface area (Å²) in [4.78, 5) is 36.9. The fourth-order valence-corrected chi connectivity index (χ4v) is 3.30. The van der Waals surface area contributed by atoms with Crippen LogP contribution in [0.25, 0.3) is 0 Å². The van der Waals surface area contributed by atoms with Crippen molar-refractivity contribution in [3.8, 4) is 0 Å². The van der Waals surface area contributed by atoms with E-state index in [0.29, 0.717) is 31.3 Å². The van der Waals surface area contributed by atoms with E-state index < -0.39 is 0 Å². The predicted molar refractivity (Wildman–Crippen MR) is 93.7 cm³/mol. The first-order chi connectivity index (χ1) is 12.7. The van der Waals surface area contributed by atoms with Crippen molar-refractivity contribution >= 4 is 17.8 Å². The number of H-pyrrole nitrogens is 1. The predicted octanol–water partition coefficient (Wildman–Crippen LogP) is -0.103. The van der Waals surface area contributed by atoms with Gasteiger partial charge >= 0.3 is 0 Å². The zero-order valence-electron chi connectivity index (χ0n) is 14.7. The highest BCUT2D eigenvalue weighted by molar-refractivity contribution is 5.97. The molecule has 0 radical (unpaired) electrons. The number of hydrogen-bond acceptors (Lipinski definition) is 6. The summed E-state index contributed by atoms with van der Waals surface area (Å²) in [6.45, 7) is 4.40. The third kappa shape index (κ3) is 3.00. The molecular weight excluding hydrogens is 334 g/mol. The first kappa shape index (κ1) is 16.5. The van der Waals surface area contributed by atoms with Gasteiger partial charge in [-0.15, -0.1) is 0 Å². The molecule has 2 aliphatic heterocycles. The quantitative estimate of drug-likeness (QED) is 0.796. The lowest BCUT2D eigenvalue weighted by Gasteiger charge is -2.29. The van der Waals surface area contributed by atoms with E-state index in [4.69, 9.17) is 0 Å². The molecule has 2 N–H and O–H groups in total. The molecule has 9 heteroatoms. The Morgan fingerprint density at radius 2 is 2.04 bits per heavy atom. The number of aryl methyl sites for hydroxylation is 1. The van der Waals surface area contributed by atoms with Gasteiger partial charge in [-0.1, -0.05) is 6.92 Å². The van der Waals surface area contributed by atoms with E-state index in [1.54, 1.807) is 4.90 Å². The number of hydrogen-bond donors (Lipinski definition) is 2. The average molecular weight is 355 g/mol. The van der Waals surface area contributed by atoms with Gasteiger partial charge in [0.15, 0.2) is 5.69 Å². The van der Waals surface area contributed by atoms with Crippen LogP contribution in [0.1, 0.15) is 34.2 Å². The van der Waals surface area contributed by atoms with Crippen LogP contribution in [0, 0.1) is 0 Å². The number of nitrogens with zero attached hydrogens (tertiary/aromatic N) is 5. The minimum Gasteiger partial charge on any atom is -0.353 e. The largest absolute Gasteiger partial charge is 0.353 e. The van der Waals surface area contributed by atoms with Gasteiger partial charge < -0.3 is 15.1 Å². The molecule has 136 valence electrons. The molecule has 26 heavy (non-hydrogen) atoms. The van der Waals surface area contributed by atoms with Gasteiger partial charge in [0.1, 0.15) is 0 Å². The second-order valence-electron chi connectivity index (χ2n) is 6.52. The number of aromatic nitrogens is 4. The van der Waals surface area contributed by atoms with Crippen LogP contribution in [0.3, 0.4) is 0 Å². The molecule has 0 aliphatic carbocycles. The second kappa shape index (κ2) is 6.74. The van der Waals surface area contributed by atoms with Gasteiger partial charge in [0.05, 0.1) is 13.1 Å². The fraction of sp³-hybridized carbons (Fsp3) is 0.471. The van der Waals surface area contributed by atoms with Gasteiger partial charge in [-0.25, -0.2) is 9.97 Å². The molecule has 2 aliphatic rings. The highest BCUT2D eigenvalue weighted by Crippen LogP contribution is 2.24. The Hall–Kier alpha value is -2.97. The molecule has 2 aromatic heterocycles. The average Bonchev–Trinajstić information content (AvgIpc) is 3.10. The van der Waals surface area contributed by atoms with Gasteiger partial charge in [0, 0.05) is 49.7 Å². The van der Waals surface area contributed by atoms with E-state index in [1.165, 1.54) is 0 Å². The number of carbonyl (C=O) groups excluding carboxylic acids is 2. The lowest BCUT2D eigenvalue weighted by atomic mass is 10.0. The first-order valence-corrected chi connectivity index (χ1v) is 8.83. The lowest BCUT2D eigenvalue weighted by molar-refractivity contribution is -0.123. The van der Waals surface area contributed by atoms with Crippen molar-refractivity contribution in [2.24, 2.45) is 0 Å². The molecule has 4 rings (SSSR count). The number of aromatic amines is 1. The number of fused-ring (bicyclic) bond motifs is 1. The minimum absolute atomic E-state index is 0.0752. The number of nitrogens with one attached hydrogen (secondary N) is 2. The monoisotopic (exact) mass is 355 g/mol. The maximum Gasteiger partial charge on any atom is 0.275 e. The zero-order valence-corrected chi connectivity index (χ0v) is 14.7. The second-order valence-corrected chi connectivity index (χ2v) is 6.52. The van der Waals surface area contributed by atoms with Gasteiger partial charge in [0.25, 0.3) is 5.91 Å². The molecule has 2 aromatic rings. The summed E-state index contributed by atoms with van der Waals surface area (Å²) in [6.07, 6.45) is 5.32. The number of anilines is 1. The van der Waals surface area contributed by atoms with Crippen LogP contribution in [0.4, 0.5) is 5.95 Å². The van der Waals surface area contributed by atoms with Crippen molar-refractivity contribution < 1.29 is 9.59 Å². The van der Waals surface area contributed by atoms with Crippen molar-refractivity contribution in [3.05, 3.63) is 34.9 Å². The van der Waals surface area contributed by atoms with Gasteiger partial charge in [0.2, 0.25) is 11.9 Å². The molecule has 0 atom stereocenters. The maximum atomic E-state index is 12.8. The van der Waals surface area contributed by atoms with Crippen LogP contribution < -0.4 is 10.2 Å². The minimum atomic E-state index is -0.207. The summed E-state index contributed by atoms with van der Waals surface area (Å²) in [7, 11) is 0. The van der Waals surface area contributed by atoms with E-state index in [1.807, 2.05) is 12.4 Å². The van der Waals surface area contributed by atoms with Crippen molar-refractivity contribution in [3.63, 3.8) is 0 Å². The first-order valence-electron chi connectivity index (χ1n) is 8.83. The molecule has 0 saturated carbocycles. The molecule has 0 spiro atoms. The van der Waals surface area contributed by atoms with Crippen molar-refractivity contribution in [2.45, 2.75) is 26.3 Å².